The van der Waals surface area contributed by atoms with Gasteiger partial charge in [-0.3, -0.25) is 9.69 Å². The molecule has 12 nitrogen and oxygen atoms in total. The fourth-order valence-electron chi connectivity index (χ4n) is 5.10. The summed E-state index contributed by atoms with van der Waals surface area (Å²) in [5.41, 5.74) is 1.24. The zero-order valence-corrected chi connectivity index (χ0v) is 22.5. The number of carbonyl (C=O) groups is 2. The monoisotopic (exact) mass is 539 g/mol. The van der Waals surface area contributed by atoms with Crippen molar-refractivity contribution in [2.45, 2.75) is 25.7 Å². The molecule has 0 aromatic carbocycles. The van der Waals surface area contributed by atoms with Gasteiger partial charge in [0.25, 0.3) is 5.91 Å². The van der Waals surface area contributed by atoms with Gasteiger partial charge < -0.3 is 24.8 Å². The van der Waals surface area contributed by atoms with Gasteiger partial charge >= 0.3 is 6.03 Å². The first kappa shape index (κ1) is 26.3. The summed E-state index contributed by atoms with van der Waals surface area (Å²) < 4.78 is 5.33. The molecule has 0 unspecified atom stereocenters. The summed E-state index contributed by atoms with van der Waals surface area (Å²) in [5.74, 6) is 1.47. The third-order valence-corrected chi connectivity index (χ3v) is 7.87. The second-order valence-electron chi connectivity index (χ2n) is 9.81. The van der Waals surface area contributed by atoms with Crippen LogP contribution in [0.2, 0.25) is 0 Å². The van der Waals surface area contributed by atoms with Crippen LogP contribution in [0.3, 0.4) is 0 Å². The highest BCUT2D eigenvalue weighted by Gasteiger charge is 2.29. The number of nitrogens with one attached hydrogen (secondary N) is 1. The van der Waals surface area contributed by atoms with Gasteiger partial charge in [0, 0.05) is 68.9 Å². The minimum absolute atomic E-state index is 0.0195. The average molecular weight is 540 g/mol. The SMILES string of the molecule is Cc1cc(Nc2nc(C(=O)N3CCN(C(=O)N4CCOCC4)CC3)cs2)nc([C@H]2CCCN(CC#N)C2)n1. The number of aromatic nitrogens is 3. The first-order valence-corrected chi connectivity index (χ1v) is 14.0. The minimum Gasteiger partial charge on any atom is -0.378 e. The highest BCUT2D eigenvalue weighted by Crippen LogP contribution is 2.27. The van der Waals surface area contributed by atoms with Crippen LogP contribution < -0.4 is 5.32 Å². The lowest BCUT2D eigenvalue weighted by atomic mass is 9.97. The van der Waals surface area contributed by atoms with Gasteiger partial charge in [0.15, 0.2) is 5.13 Å². The number of morpholine rings is 1. The van der Waals surface area contributed by atoms with Crippen LogP contribution in [-0.4, -0.2) is 119 Å². The predicted octanol–water partition coefficient (Wildman–Crippen LogP) is 1.90. The lowest BCUT2D eigenvalue weighted by Crippen LogP contribution is -2.55. The molecule has 0 aliphatic carbocycles. The first-order valence-electron chi connectivity index (χ1n) is 13.1. The summed E-state index contributed by atoms with van der Waals surface area (Å²) in [6, 6.07) is 4.12. The second-order valence-corrected chi connectivity index (χ2v) is 10.7. The number of urea groups is 1. The number of nitriles is 1. The molecule has 0 saturated carbocycles. The Kier molecular flexibility index (Phi) is 8.31. The van der Waals surface area contributed by atoms with E-state index >= 15 is 0 Å². The summed E-state index contributed by atoms with van der Waals surface area (Å²) in [6.07, 6.45) is 2.01. The molecule has 5 heterocycles. The van der Waals surface area contributed by atoms with Gasteiger partial charge in [-0.2, -0.15) is 5.26 Å². The van der Waals surface area contributed by atoms with Crippen molar-refractivity contribution in [3.8, 4) is 6.07 Å². The van der Waals surface area contributed by atoms with Gasteiger partial charge in [-0.25, -0.2) is 19.7 Å². The van der Waals surface area contributed by atoms with Crippen molar-refractivity contribution < 1.29 is 14.3 Å². The van der Waals surface area contributed by atoms with Crippen molar-refractivity contribution in [2.75, 3.05) is 77.4 Å². The van der Waals surface area contributed by atoms with Crippen LogP contribution in [0.1, 0.15) is 40.8 Å². The van der Waals surface area contributed by atoms with Gasteiger partial charge in [0.05, 0.1) is 25.8 Å². The average Bonchev–Trinajstić information content (AvgIpc) is 3.41. The Balaban J connectivity index is 1.18. The number of anilines is 2. The number of hydrogen-bond donors (Lipinski definition) is 1. The van der Waals surface area contributed by atoms with E-state index < -0.39 is 0 Å². The topological polar surface area (TPSA) is 131 Å². The lowest BCUT2D eigenvalue weighted by Gasteiger charge is -2.38. The molecular weight excluding hydrogens is 506 g/mol. The number of piperazine rings is 1. The standard InChI is InChI=1S/C25H33N9O3S/c1-18-15-21(29-22(27-18)19-3-2-5-31(16-19)6-4-26)30-24-28-20(17-38-24)23(35)32-7-9-33(10-8-32)25(36)34-11-13-37-14-12-34/h15,17,19H,2-3,5-14,16H2,1H3,(H,27,28,29,30)/t19-/m0/s1. The van der Waals surface area contributed by atoms with Crippen LogP contribution in [0.5, 0.6) is 0 Å². The Labute approximate surface area is 226 Å². The van der Waals surface area contributed by atoms with Crippen LogP contribution in [0.25, 0.3) is 0 Å². The Morgan fingerprint density at radius 2 is 1.82 bits per heavy atom. The normalized spacial score (nSPS) is 20.7. The maximum atomic E-state index is 13.1. The molecule has 38 heavy (non-hydrogen) atoms. The number of aryl methyl sites for hydroxylation is 1. The summed E-state index contributed by atoms with van der Waals surface area (Å²) in [7, 11) is 0. The zero-order chi connectivity index (χ0) is 26.5. The minimum atomic E-state index is -0.132. The van der Waals surface area contributed by atoms with Crippen LogP contribution in [0.15, 0.2) is 11.4 Å². The molecule has 202 valence electrons. The third-order valence-electron chi connectivity index (χ3n) is 7.11. The quantitative estimate of drug-likeness (QED) is 0.566. The van der Waals surface area contributed by atoms with Crippen LogP contribution in [-0.2, 0) is 4.74 Å². The summed E-state index contributed by atoms with van der Waals surface area (Å²) >= 11 is 1.36. The molecule has 2 aromatic heterocycles. The summed E-state index contributed by atoms with van der Waals surface area (Å²) in [4.78, 5) is 47.3. The van der Waals surface area contributed by atoms with Crippen molar-refractivity contribution in [2.24, 2.45) is 0 Å². The largest absolute Gasteiger partial charge is 0.378 e. The molecule has 3 saturated heterocycles. The van der Waals surface area contributed by atoms with E-state index in [-0.39, 0.29) is 17.9 Å². The molecule has 1 atom stereocenters. The van der Waals surface area contributed by atoms with Crippen LogP contribution in [0.4, 0.5) is 15.7 Å². The molecular formula is C25H33N9O3S. The molecule has 13 heteroatoms. The Morgan fingerprint density at radius 3 is 2.58 bits per heavy atom. The van der Waals surface area contributed by atoms with Crippen LogP contribution in [0, 0.1) is 18.3 Å². The maximum Gasteiger partial charge on any atom is 0.320 e. The number of nitrogens with zero attached hydrogens (tertiary/aromatic N) is 8. The number of hydrogen-bond acceptors (Lipinski definition) is 10. The van der Waals surface area contributed by atoms with E-state index in [4.69, 9.17) is 15.0 Å². The maximum absolute atomic E-state index is 13.1. The lowest BCUT2D eigenvalue weighted by molar-refractivity contribution is 0.0362. The molecule has 0 spiro atoms. The first-order chi connectivity index (χ1) is 18.5. The molecule has 3 amide bonds. The van der Waals surface area contributed by atoms with E-state index in [1.807, 2.05) is 22.8 Å². The molecule has 3 aliphatic heterocycles. The number of thiazole rings is 1. The third kappa shape index (κ3) is 6.20. The highest BCUT2D eigenvalue weighted by molar-refractivity contribution is 7.14. The van der Waals surface area contributed by atoms with E-state index in [1.54, 1.807) is 10.3 Å². The number of ether oxygens (including phenoxy) is 1. The van der Waals surface area contributed by atoms with Crippen molar-refractivity contribution in [3.63, 3.8) is 0 Å². The van der Waals surface area contributed by atoms with E-state index in [9.17, 15) is 9.59 Å². The van der Waals surface area contributed by atoms with Gasteiger partial charge in [-0.15, -0.1) is 11.3 Å². The van der Waals surface area contributed by atoms with E-state index in [0.717, 1.165) is 37.4 Å². The Hall–Kier alpha value is -3.34. The van der Waals surface area contributed by atoms with Crippen molar-refractivity contribution >= 4 is 34.2 Å². The molecule has 2 aromatic rings. The number of piperidine rings is 1. The van der Waals surface area contributed by atoms with Gasteiger partial charge in [-0.05, 0) is 26.3 Å². The molecule has 5 rings (SSSR count). The van der Waals surface area contributed by atoms with Crippen molar-refractivity contribution in [1.82, 2.24) is 34.6 Å². The van der Waals surface area contributed by atoms with Crippen molar-refractivity contribution in [3.05, 3.63) is 28.7 Å². The van der Waals surface area contributed by atoms with E-state index in [2.05, 4.69) is 26.3 Å². The Morgan fingerprint density at radius 1 is 1.08 bits per heavy atom. The predicted molar refractivity (Wildman–Crippen MR) is 141 cm³/mol. The fraction of sp³-hybridized carbons (Fsp3) is 0.600. The Bertz CT molecular complexity index is 1180. The number of likely N-dealkylation sites (tertiary alicyclic amines) is 1. The second kappa shape index (κ2) is 12.0. The molecule has 1 N–H and O–H groups in total. The number of carbonyl (C=O) groups excluding carboxylic acids is 2. The molecule has 3 aliphatic rings. The van der Waals surface area contributed by atoms with Crippen molar-refractivity contribution in [1.29, 1.82) is 5.26 Å². The smallest absolute Gasteiger partial charge is 0.320 e. The van der Waals surface area contributed by atoms with Crippen LogP contribution >= 0.6 is 11.3 Å². The van der Waals surface area contributed by atoms with Gasteiger partial charge in [0.1, 0.15) is 17.3 Å². The summed E-state index contributed by atoms with van der Waals surface area (Å²) in [5, 5.41) is 14.6. The molecule has 0 bridgehead atoms. The zero-order valence-electron chi connectivity index (χ0n) is 21.6. The summed E-state index contributed by atoms with van der Waals surface area (Å²) in [6.45, 7) is 8.40. The van der Waals surface area contributed by atoms with Gasteiger partial charge in [-0.1, -0.05) is 0 Å². The van der Waals surface area contributed by atoms with E-state index in [0.29, 0.717) is 75.7 Å². The van der Waals surface area contributed by atoms with E-state index in [1.165, 1.54) is 11.3 Å². The number of rotatable bonds is 5. The molecule has 3 fully saturated rings. The number of amides is 3. The fourth-order valence-corrected chi connectivity index (χ4v) is 5.80. The van der Waals surface area contributed by atoms with Gasteiger partial charge in [0.2, 0.25) is 0 Å². The molecule has 0 radical (unpaired) electrons. The highest BCUT2D eigenvalue weighted by atomic mass is 32.1.